The Bertz CT molecular complexity index is 873. The molecule has 0 saturated carbocycles. The second kappa shape index (κ2) is 8.22. The molecule has 1 N–H and O–H groups in total. The second-order valence-corrected chi connectivity index (χ2v) is 6.61. The molecule has 2 heterocycles. The van der Waals surface area contributed by atoms with Crippen molar-refractivity contribution < 1.29 is 14.0 Å². The maximum absolute atomic E-state index is 6.24. The van der Waals surface area contributed by atoms with Crippen molar-refractivity contribution in [3.05, 3.63) is 59.9 Å². The van der Waals surface area contributed by atoms with E-state index in [4.69, 9.17) is 14.0 Å². The number of rotatable bonds is 6. The molecule has 0 atom stereocenters. The highest BCUT2D eigenvalue weighted by molar-refractivity contribution is 5.65. The lowest BCUT2D eigenvalue weighted by Crippen LogP contribution is -2.34. The predicted molar refractivity (Wildman–Crippen MR) is 102 cm³/mol. The summed E-state index contributed by atoms with van der Waals surface area (Å²) in [6.45, 7) is 1.94. The van der Waals surface area contributed by atoms with Gasteiger partial charge in [-0.2, -0.15) is 4.98 Å². The summed E-state index contributed by atoms with van der Waals surface area (Å²) in [6.07, 6.45) is 2.77. The highest BCUT2D eigenvalue weighted by atomic mass is 16.5. The summed E-state index contributed by atoms with van der Waals surface area (Å²) in [5.41, 5.74) is 1.90. The topological polar surface area (TPSA) is 69.4 Å². The number of hydrogen-bond donors (Lipinski definition) is 1. The minimum atomic E-state index is 0.185. The Morgan fingerprint density at radius 3 is 2.70 bits per heavy atom. The molecule has 0 spiro atoms. The van der Waals surface area contributed by atoms with Crippen molar-refractivity contribution in [1.29, 1.82) is 0 Å². The summed E-state index contributed by atoms with van der Waals surface area (Å²) in [4.78, 5) is 4.58. The molecule has 0 unspecified atom stereocenters. The lowest BCUT2D eigenvalue weighted by atomic mass is 10.1. The molecule has 6 heteroatoms. The number of benzene rings is 2. The number of aromatic nitrogens is 2. The molecule has 0 amide bonds. The number of hydrogen-bond acceptors (Lipinski definition) is 6. The second-order valence-electron chi connectivity index (χ2n) is 6.61. The van der Waals surface area contributed by atoms with Crippen LogP contribution >= 0.6 is 0 Å². The highest BCUT2D eigenvalue weighted by Crippen LogP contribution is 2.34. The zero-order chi connectivity index (χ0) is 18.5. The normalized spacial score (nSPS) is 14.9. The van der Waals surface area contributed by atoms with Crippen molar-refractivity contribution >= 4 is 0 Å². The quantitative estimate of drug-likeness (QED) is 0.721. The first-order valence-electron chi connectivity index (χ1n) is 9.24. The molecule has 3 aromatic rings. The standard InChI is InChI=1S/C21H23N3O3/c1-25-17-7-8-19(26-16-9-11-22-12-10-16)18(14-17)21-23-20(24-27-21)13-15-5-3-2-4-6-15/h2-8,14,16,22H,9-13H2,1H3. The third-order valence-corrected chi connectivity index (χ3v) is 4.67. The molecule has 0 radical (unpaired) electrons. The third-order valence-electron chi connectivity index (χ3n) is 4.67. The van der Waals surface area contributed by atoms with E-state index in [0.29, 0.717) is 18.1 Å². The van der Waals surface area contributed by atoms with Crippen LogP contribution in [0, 0.1) is 0 Å². The smallest absolute Gasteiger partial charge is 0.261 e. The zero-order valence-corrected chi connectivity index (χ0v) is 15.4. The highest BCUT2D eigenvalue weighted by Gasteiger charge is 2.20. The number of nitrogens with one attached hydrogen (secondary N) is 1. The van der Waals surface area contributed by atoms with E-state index in [-0.39, 0.29) is 6.10 Å². The Morgan fingerprint density at radius 1 is 1.11 bits per heavy atom. The molecule has 0 aliphatic carbocycles. The molecule has 1 aliphatic heterocycles. The molecule has 0 bridgehead atoms. The fourth-order valence-electron chi connectivity index (χ4n) is 3.21. The van der Waals surface area contributed by atoms with Crippen molar-refractivity contribution in [2.75, 3.05) is 20.2 Å². The van der Waals surface area contributed by atoms with E-state index in [1.807, 2.05) is 48.5 Å². The molecule has 1 fully saturated rings. The first-order chi connectivity index (χ1) is 13.3. The molecule has 1 saturated heterocycles. The lowest BCUT2D eigenvalue weighted by molar-refractivity contribution is 0.163. The predicted octanol–water partition coefficient (Wildman–Crippen LogP) is 3.47. The van der Waals surface area contributed by atoms with Crippen molar-refractivity contribution in [3.63, 3.8) is 0 Å². The number of piperidine rings is 1. The van der Waals surface area contributed by atoms with Gasteiger partial charge < -0.3 is 19.3 Å². The molecule has 1 aromatic heterocycles. The Labute approximate surface area is 158 Å². The largest absolute Gasteiger partial charge is 0.497 e. The van der Waals surface area contributed by atoms with E-state index < -0.39 is 0 Å². The van der Waals surface area contributed by atoms with Gasteiger partial charge in [-0.25, -0.2) is 0 Å². The average molecular weight is 365 g/mol. The summed E-state index contributed by atoms with van der Waals surface area (Å²) >= 11 is 0. The summed E-state index contributed by atoms with van der Waals surface area (Å²) in [5.74, 6) is 2.57. The molecular formula is C21H23N3O3. The SMILES string of the molecule is COc1ccc(OC2CCNCC2)c(-c2nc(Cc3ccccc3)no2)c1. The van der Waals surface area contributed by atoms with Crippen molar-refractivity contribution in [2.45, 2.75) is 25.4 Å². The van der Waals surface area contributed by atoms with Gasteiger partial charge in [-0.3, -0.25) is 0 Å². The molecule has 4 rings (SSSR count). The Balaban J connectivity index is 1.59. The summed E-state index contributed by atoms with van der Waals surface area (Å²) < 4.78 is 17.2. The van der Waals surface area contributed by atoms with E-state index in [1.54, 1.807) is 7.11 Å². The molecule has 27 heavy (non-hydrogen) atoms. The van der Waals surface area contributed by atoms with Crippen LogP contribution in [0.4, 0.5) is 0 Å². The van der Waals surface area contributed by atoms with E-state index in [1.165, 1.54) is 0 Å². The van der Waals surface area contributed by atoms with Crippen molar-refractivity contribution in [3.8, 4) is 23.0 Å². The van der Waals surface area contributed by atoms with Gasteiger partial charge in [0.05, 0.1) is 12.7 Å². The van der Waals surface area contributed by atoms with Gasteiger partial charge >= 0.3 is 0 Å². The van der Waals surface area contributed by atoms with Gasteiger partial charge in [-0.05, 0) is 49.7 Å². The molecule has 140 valence electrons. The fourth-order valence-corrected chi connectivity index (χ4v) is 3.21. The van der Waals surface area contributed by atoms with Crippen LogP contribution in [-0.4, -0.2) is 36.4 Å². The van der Waals surface area contributed by atoms with Crippen LogP contribution in [0.25, 0.3) is 11.5 Å². The molecule has 2 aromatic carbocycles. The van der Waals surface area contributed by atoms with E-state index >= 15 is 0 Å². The van der Waals surface area contributed by atoms with E-state index in [9.17, 15) is 0 Å². The van der Waals surface area contributed by atoms with Crippen LogP contribution in [0.1, 0.15) is 24.2 Å². The van der Waals surface area contributed by atoms with Crippen LogP contribution in [0.2, 0.25) is 0 Å². The number of ether oxygens (including phenoxy) is 2. The van der Waals surface area contributed by atoms with Crippen molar-refractivity contribution in [1.82, 2.24) is 15.5 Å². The minimum Gasteiger partial charge on any atom is -0.497 e. The van der Waals surface area contributed by atoms with Crippen LogP contribution in [0.3, 0.4) is 0 Å². The fraction of sp³-hybridized carbons (Fsp3) is 0.333. The zero-order valence-electron chi connectivity index (χ0n) is 15.4. The average Bonchev–Trinajstić information content (AvgIpc) is 3.18. The number of nitrogens with zero attached hydrogens (tertiary/aromatic N) is 2. The van der Waals surface area contributed by atoms with Crippen molar-refractivity contribution in [2.24, 2.45) is 0 Å². The van der Waals surface area contributed by atoms with Crippen LogP contribution in [0.5, 0.6) is 11.5 Å². The summed E-state index contributed by atoms with van der Waals surface area (Å²) in [7, 11) is 1.64. The first kappa shape index (κ1) is 17.5. The van der Waals surface area contributed by atoms with Gasteiger partial charge in [0.2, 0.25) is 0 Å². The maximum atomic E-state index is 6.24. The molecule has 6 nitrogen and oxygen atoms in total. The van der Waals surface area contributed by atoms with E-state index in [0.717, 1.165) is 48.6 Å². The van der Waals surface area contributed by atoms with E-state index in [2.05, 4.69) is 15.5 Å². The Kier molecular flexibility index (Phi) is 5.34. The first-order valence-corrected chi connectivity index (χ1v) is 9.24. The number of methoxy groups -OCH3 is 1. The van der Waals surface area contributed by atoms with Gasteiger partial charge in [0.1, 0.15) is 17.6 Å². The summed E-state index contributed by atoms with van der Waals surface area (Å²) in [6, 6.07) is 15.8. The van der Waals surface area contributed by atoms with Crippen LogP contribution in [0.15, 0.2) is 53.1 Å². The van der Waals surface area contributed by atoms with Gasteiger partial charge in [0.15, 0.2) is 5.82 Å². The third kappa shape index (κ3) is 4.28. The molecule has 1 aliphatic rings. The monoisotopic (exact) mass is 365 g/mol. The van der Waals surface area contributed by atoms with Crippen LogP contribution < -0.4 is 14.8 Å². The maximum Gasteiger partial charge on any atom is 0.261 e. The molecular weight excluding hydrogens is 342 g/mol. The van der Waals surface area contributed by atoms with Gasteiger partial charge in [0.25, 0.3) is 5.89 Å². The lowest BCUT2D eigenvalue weighted by Gasteiger charge is -2.24. The van der Waals surface area contributed by atoms with Crippen LogP contribution in [-0.2, 0) is 6.42 Å². The van der Waals surface area contributed by atoms with Gasteiger partial charge in [-0.15, -0.1) is 0 Å². The van der Waals surface area contributed by atoms with Gasteiger partial charge in [0, 0.05) is 6.42 Å². The van der Waals surface area contributed by atoms with Gasteiger partial charge in [-0.1, -0.05) is 35.5 Å². The summed E-state index contributed by atoms with van der Waals surface area (Å²) in [5, 5.41) is 7.49. The Hall–Kier alpha value is -2.86. The Morgan fingerprint density at radius 2 is 1.93 bits per heavy atom. The minimum absolute atomic E-state index is 0.185.